The van der Waals surface area contributed by atoms with Gasteiger partial charge in [0.1, 0.15) is 11.2 Å². The van der Waals surface area contributed by atoms with E-state index >= 15 is 0 Å². The summed E-state index contributed by atoms with van der Waals surface area (Å²) < 4.78 is 8.73. The van der Waals surface area contributed by atoms with Crippen molar-refractivity contribution >= 4 is 71.6 Å². The first kappa shape index (κ1) is 31.2. The van der Waals surface area contributed by atoms with E-state index in [1.807, 2.05) is 12.1 Å². The maximum atomic E-state index is 6.34. The molecule has 3 heteroatoms. The van der Waals surface area contributed by atoms with Crippen LogP contribution >= 0.6 is 0 Å². The summed E-state index contributed by atoms with van der Waals surface area (Å²) in [6.45, 7) is 0. The smallest absolute Gasteiger partial charge is 0.135 e. The van der Waals surface area contributed by atoms with E-state index in [-0.39, 0.29) is 0 Å². The number of hydrogen-bond donors (Lipinski definition) is 0. The molecule has 2 aromatic heterocycles. The van der Waals surface area contributed by atoms with Crippen LogP contribution in [0.1, 0.15) is 0 Å². The quantitative estimate of drug-likeness (QED) is 0.172. The van der Waals surface area contributed by atoms with Crippen molar-refractivity contribution in [3.8, 4) is 27.9 Å². The summed E-state index contributed by atoms with van der Waals surface area (Å²) in [6.07, 6.45) is 0. The zero-order valence-electron chi connectivity index (χ0n) is 29.9. The Bertz CT molecular complexity index is 3170. The topological polar surface area (TPSA) is 21.3 Å². The fraction of sp³-hybridized carbons (Fsp3) is 0. The van der Waals surface area contributed by atoms with E-state index in [9.17, 15) is 0 Å². The van der Waals surface area contributed by atoms with Gasteiger partial charge in [0.05, 0.1) is 16.7 Å². The van der Waals surface area contributed by atoms with Crippen LogP contribution in [-0.4, -0.2) is 4.57 Å². The summed E-state index contributed by atoms with van der Waals surface area (Å²) in [5, 5.41) is 7.13. The molecule has 2 heterocycles. The van der Waals surface area contributed by atoms with Crippen LogP contribution in [0.5, 0.6) is 0 Å². The zero-order valence-corrected chi connectivity index (χ0v) is 29.9. The molecular formula is C52H34N2O. The maximum absolute atomic E-state index is 6.34. The van der Waals surface area contributed by atoms with Gasteiger partial charge in [0.2, 0.25) is 0 Å². The Morgan fingerprint density at radius 1 is 0.364 bits per heavy atom. The summed E-state index contributed by atoms with van der Waals surface area (Å²) in [7, 11) is 0. The molecule has 0 atom stereocenters. The maximum Gasteiger partial charge on any atom is 0.135 e. The van der Waals surface area contributed by atoms with Crippen molar-refractivity contribution in [1.82, 2.24) is 4.57 Å². The van der Waals surface area contributed by atoms with E-state index < -0.39 is 0 Å². The van der Waals surface area contributed by atoms with Gasteiger partial charge in [-0.15, -0.1) is 0 Å². The first-order chi connectivity index (χ1) is 27.3. The van der Waals surface area contributed by atoms with Crippen molar-refractivity contribution < 1.29 is 4.42 Å². The summed E-state index contributed by atoms with van der Waals surface area (Å²) in [5.41, 5.74) is 13.1. The number of rotatable bonds is 6. The Hall–Kier alpha value is -7.36. The molecule has 258 valence electrons. The lowest BCUT2D eigenvalue weighted by atomic mass is 9.94. The highest BCUT2D eigenvalue weighted by Gasteiger charge is 2.22. The van der Waals surface area contributed by atoms with E-state index in [0.717, 1.165) is 61.4 Å². The van der Waals surface area contributed by atoms with Crippen molar-refractivity contribution in [1.29, 1.82) is 0 Å². The van der Waals surface area contributed by atoms with Crippen LogP contribution in [-0.2, 0) is 0 Å². The van der Waals surface area contributed by atoms with Gasteiger partial charge in [-0.25, -0.2) is 0 Å². The standard InChI is InChI=1S/C52H34N2O/c1-2-14-36(15-3-1)43-30-28-37(42-24-12-17-35-16-4-5-20-41(35)42)32-50(43)53(40-29-31-52-47(34-40)46-23-8-11-27-51(46)55-52)38-18-13-19-39(33-38)54-48-25-9-6-21-44(48)45-22-7-10-26-49(45)54/h1-34H. The van der Waals surface area contributed by atoms with Crippen LogP contribution in [0, 0.1) is 0 Å². The summed E-state index contributed by atoms with van der Waals surface area (Å²) in [4.78, 5) is 2.43. The summed E-state index contributed by atoms with van der Waals surface area (Å²) in [5.74, 6) is 0. The molecule has 0 fully saturated rings. The van der Waals surface area contributed by atoms with Gasteiger partial charge in [0, 0.05) is 44.2 Å². The normalized spacial score (nSPS) is 11.6. The molecule has 55 heavy (non-hydrogen) atoms. The fourth-order valence-electron chi connectivity index (χ4n) is 8.48. The lowest BCUT2D eigenvalue weighted by Crippen LogP contribution is -2.12. The second-order valence-electron chi connectivity index (χ2n) is 14.1. The molecule has 0 amide bonds. The van der Waals surface area contributed by atoms with Gasteiger partial charge in [0.15, 0.2) is 0 Å². The van der Waals surface area contributed by atoms with Crippen LogP contribution in [0.15, 0.2) is 211 Å². The second kappa shape index (κ2) is 12.6. The Labute approximate surface area is 318 Å². The predicted octanol–water partition coefficient (Wildman–Crippen LogP) is 14.6. The molecule has 0 saturated heterocycles. The van der Waals surface area contributed by atoms with Crippen molar-refractivity contribution in [2.75, 3.05) is 4.90 Å². The molecule has 0 unspecified atom stereocenters. The average Bonchev–Trinajstić information content (AvgIpc) is 3.80. The van der Waals surface area contributed by atoms with Crippen LogP contribution in [0.2, 0.25) is 0 Å². The second-order valence-corrected chi connectivity index (χ2v) is 14.1. The van der Waals surface area contributed by atoms with Crippen molar-refractivity contribution in [3.63, 3.8) is 0 Å². The first-order valence-corrected chi connectivity index (χ1v) is 18.8. The zero-order chi connectivity index (χ0) is 36.3. The van der Waals surface area contributed by atoms with Crippen molar-refractivity contribution in [3.05, 3.63) is 206 Å². The van der Waals surface area contributed by atoms with E-state index in [4.69, 9.17) is 4.42 Å². The number of furan rings is 1. The predicted molar refractivity (Wildman–Crippen MR) is 231 cm³/mol. The number of anilines is 3. The molecule has 0 bridgehead atoms. The molecule has 0 spiro atoms. The highest BCUT2D eigenvalue weighted by Crippen LogP contribution is 2.46. The van der Waals surface area contributed by atoms with Gasteiger partial charge in [-0.05, 0) is 88.1 Å². The molecule has 0 radical (unpaired) electrons. The Balaban J connectivity index is 1.20. The van der Waals surface area contributed by atoms with Gasteiger partial charge in [-0.1, -0.05) is 146 Å². The minimum atomic E-state index is 0.872. The Morgan fingerprint density at radius 2 is 1.00 bits per heavy atom. The number of fused-ring (bicyclic) bond motifs is 7. The van der Waals surface area contributed by atoms with Gasteiger partial charge < -0.3 is 13.9 Å². The fourth-order valence-corrected chi connectivity index (χ4v) is 8.48. The van der Waals surface area contributed by atoms with Crippen LogP contribution in [0.4, 0.5) is 17.1 Å². The highest BCUT2D eigenvalue weighted by molar-refractivity contribution is 6.10. The molecule has 0 aliphatic carbocycles. The summed E-state index contributed by atoms with van der Waals surface area (Å²) in [6, 6.07) is 74.2. The highest BCUT2D eigenvalue weighted by atomic mass is 16.3. The van der Waals surface area contributed by atoms with E-state index in [0.29, 0.717) is 0 Å². The third-order valence-corrected chi connectivity index (χ3v) is 11.0. The molecule has 0 aliphatic rings. The number of aromatic nitrogens is 1. The number of benzene rings is 9. The average molecular weight is 703 g/mol. The third kappa shape index (κ3) is 5.13. The SMILES string of the molecule is c1ccc(-c2ccc(-c3cccc4ccccc34)cc2N(c2cccc(-n3c4ccccc4c4ccccc43)c2)c2ccc3oc4ccccc4c3c2)cc1. The van der Waals surface area contributed by atoms with Crippen molar-refractivity contribution in [2.45, 2.75) is 0 Å². The van der Waals surface area contributed by atoms with Crippen molar-refractivity contribution in [2.24, 2.45) is 0 Å². The molecule has 3 nitrogen and oxygen atoms in total. The monoisotopic (exact) mass is 702 g/mol. The molecule has 11 rings (SSSR count). The first-order valence-electron chi connectivity index (χ1n) is 18.8. The van der Waals surface area contributed by atoms with Crippen LogP contribution in [0.3, 0.4) is 0 Å². The molecule has 9 aromatic carbocycles. The molecule has 0 saturated carbocycles. The molecular weight excluding hydrogens is 669 g/mol. The third-order valence-electron chi connectivity index (χ3n) is 11.0. The lowest BCUT2D eigenvalue weighted by Gasteiger charge is -2.29. The minimum Gasteiger partial charge on any atom is -0.456 e. The van der Waals surface area contributed by atoms with Gasteiger partial charge in [-0.2, -0.15) is 0 Å². The van der Waals surface area contributed by atoms with E-state index in [1.165, 1.54) is 38.1 Å². The lowest BCUT2D eigenvalue weighted by molar-refractivity contribution is 0.669. The number of nitrogens with zero attached hydrogens (tertiary/aromatic N) is 2. The van der Waals surface area contributed by atoms with Gasteiger partial charge in [0.25, 0.3) is 0 Å². The molecule has 0 aliphatic heterocycles. The Morgan fingerprint density at radius 3 is 1.82 bits per heavy atom. The van der Waals surface area contributed by atoms with Gasteiger partial charge in [-0.3, -0.25) is 0 Å². The van der Waals surface area contributed by atoms with Crippen LogP contribution < -0.4 is 4.90 Å². The largest absolute Gasteiger partial charge is 0.456 e. The number of hydrogen-bond acceptors (Lipinski definition) is 2. The Kier molecular flexibility index (Phi) is 7.17. The number of para-hydroxylation sites is 3. The van der Waals surface area contributed by atoms with E-state index in [1.54, 1.807) is 0 Å². The molecule has 0 N–H and O–H groups in total. The summed E-state index contributed by atoms with van der Waals surface area (Å²) >= 11 is 0. The van der Waals surface area contributed by atoms with E-state index in [2.05, 4.69) is 204 Å². The van der Waals surface area contributed by atoms with Gasteiger partial charge >= 0.3 is 0 Å². The minimum absolute atomic E-state index is 0.872. The molecule has 11 aromatic rings. The van der Waals surface area contributed by atoms with Crippen LogP contribution in [0.25, 0.3) is 82.5 Å².